The van der Waals surface area contributed by atoms with Crippen LogP contribution in [0.4, 0.5) is 4.79 Å². The van der Waals surface area contributed by atoms with Crippen molar-refractivity contribution in [3.8, 4) is 16.9 Å². The van der Waals surface area contributed by atoms with Gasteiger partial charge in [-0.2, -0.15) is 0 Å². The second-order valence-corrected chi connectivity index (χ2v) is 5.15. The van der Waals surface area contributed by atoms with Crippen molar-refractivity contribution >= 4 is 16.9 Å². The van der Waals surface area contributed by atoms with Crippen molar-refractivity contribution in [2.24, 2.45) is 0 Å². The zero-order valence-electron chi connectivity index (χ0n) is 11.2. The van der Waals surface area contributed by atoms with Crippen LogP contribution in [0.2, 0.25) is 0 Å². The number of fused-ring (bicyclic) bond motifs is 5. The second-order valence-electron chi connectivity index (χ2n) is 5.15. The molecule has 3 heteroatoms. The molecule has 0 spiro atoms. The number of hydrogen-bond donors (Lipinski definition) is 1. The summed E-state index contributed by atoms with van der Waals surface area (Å²) in [4.78, 5) is 11.0. The molecule has 1 aliphatic carbocycles. The Bertz CT molecular complexity index is 881. The number of carbonyl (C=O) groups is 1. The van der Waals surface area contributed by atoms with Crippen LogP contribution in [0.1, 0.15) is 11.1 Å². The zero-order chi connectivity index (χ0) is 14.4. The summed E-state index contributed by atoms with van der Waals surface area (Å²) in [6.45, 7) is 0. The van der Waals surface area contributed by atoms with Crippen molar-refractivity contribution < 1.29 is 14.6 Å². The molecule has 3 nitrogen and oxygen atoms in total. The second kappa shape index (κ2) is 4.35. The third kappa shape index (κ3) is 1.78. The topological polar surface area (TPSA) is 46.5 Å². The van der Waals surface area contributed by atoms with Gasteiger partial charge in [-0.3, -0.25) is 0 Å². The maximum Gasteiger partial charge on any atom is 0.511 e. The molecule has 0 aliphatic heterocycles. The first-order chi connectivity index (χ1) is 10.2. The molecule has 4 rings (SSSR count). The standard InChI is InChI=1S/C18H12O3/c19-18(20)21-16-10-12-6-2-4-8-14(12)17-13-7-3-1-5-11(13)9-15(16)17/h1-8,10H,9H2,(H,19,20). The van der Waals surface area contributed by atoms with E-state index in [4.69, 9.17) is 9.84 Å². The summed E-state index contributed by atoms with van der Waals surface area (Å²) < 4.78 is 5.01. The Kier molecular flexibility index (Phi) is 2.48. The fourth-order valence-electron chi connectivity index (χ4n) is 3.14. The lowest BCUT2D eigenvalue weighted by Gasteiger charge is -2.11. The minimum absolute atomic E-state index is 0.437. The van der Waals surface area contributed by atoms with Gasteiger partial charge in [0.15, 0.2) is 0 Å². The van der Waals surface area contributed by atoms with Crippen molar-refractivity contribution in [1.82, 2.24) is 0 Å². The van der Waals surface area contributed by atoms with Crippen molar-refractivity contribution in [3.05, 3.63) is 65.7 Å². The smallest absolute Gasteiger partial charge is 0.449 e. The molecule has 102 valence electrons. The molecule has 0 amide bonds. The summed E-state index contributed by atoms with van der Waals surface area (Å²) >= 11 is 0. The molecule has 3 aromatic rings. The molecule has 0 aromatic heterocycles. The fourth-order valence-corrected chi connectivity index (χ4v) is 3.14. The quantitative estimate of drug-likeness (QED) is 0.412. The highest BCUT2D eigenvalue weighted by Gasteiger charge is 2.25. The minimum Gasteiger partial charge on any atom is -0.449 e. The molecular weight excluding hydrogens is 264 g/mol. The van der Waals surface area contributed by atoms with E-state index in [1.165, 1.54) is 11.1 Å². The number of rotatable bonds is 1. The summed E-state index contributed by atoms with van der Waals surface area (Å²) in [5, 5.41) is 11.1. The van der Waals surface area contributed by atoms with E-state index < -0.39 is 6.16 Å². The molecule has 3 aromatic carbocycles. The lowest BCUT2D eigenvalue weighted by atomic mass is 9.97. The Labute approximate surface area is 121 Å². The zero-order valence-corrected chi connectivity index (χ0v) is 11.2. The first-order valence-electron chi connectivity index (χ1n) is 6.78. The van der Waals surface area contributed by atoms with Crippen LogP contribution in [-0.4, -0.2) is 11.3 Å². The van der Waals surface area contributed by atoms with Crippen LogP contribution < -0.4 is 4.74 Å². The van der Waals surface area contributed by atoms with Crippen LogP contribution in [0.25, 0.3) is 21.9 Å². The van der Waals surface area contributed by atoms with E-state index in [9.17, 15) is 4.79 Å². The van der Waals surface area contributed by atoms with E-state index in [1.807, 2.05) is 36.4 Å². The van der Waals surface area contributed by atoms with Gasteiger partial charge < -0.3 is 9.84 Å². The highest BCUT2D eigenvalue weighted by Crippen LogP contribution is 2.45. The molecule has 0 saturated carbocycles. The Morgan fingerprint density at radius 3 is 2.67 bits per heavy atom. The van der Waals surface area contributed by atoms with Crippen LogP contribution in [-0.2, 0) is 6.42 Å². The molecular formula is C18H12O3. The predicted molar refractivity (Wildman–Crippen MR) is 80.8 cm³/mol. The SMILES string of the molecule is O=C(O)Oc1cc2ccccc2c2c1Cc1ccccc1-2. The van der Waals surface area contributed by atoms with E-state index in [0.29, 0.717) is 12.2 Å². The lowest BCUT2D eigenvalue weighted by molar-refractivity contribution is 0.144. The summed E-state index contributed by atoms with van der Waals surface area (Å²) in [6, 6.07) is 18.0. The number of benzene rings is 3. The van der Waals surface area contributed by atoms with Crippen LogP contribution in [0.15, 0.2) is 54.6 Å². The summed E-state index contributed by atoms with van der Waals surface area (Å²) in [5.41, 5.74) is 4.43. The van der Waals surface area contributed by atoms with Gasteiger partial charge in [0.2, 0.25) is 0 Å². The lowest BCUT2D eigenvalue weighted by Crippen LogP contribution is -2.05. The predicted octanol–water partition coefficient (Wildman–Crippen LogP) is 4.47. The molecule has 0 atom stereocenters. The Morgan fingerprint density at radius 1 is 1.05 bits per heavy atom. The summed E-state index contributed by atoms with van der Waals surface area (Å²) in [6.07, 6.45) is -0.567. The maximum atomic E-state index is 11.0. The third-order valence-electron chi connectivity index (χ3n) is 3.97. The summed E-state index contributed by atoms with van der Waals surface area (Å²) in [7, 11) is 0. The van der Waals surface area contributed by atoms with Gasteiger partial charge in [-0.25, -0.2) is 4.79 Å². The van der Waals surface area contributed by atoms with Gasteiger partial charge in [0.1, 0.15) is 5.75 Å². The molecule has 0 heterocycles. The van der Waals surface area contributed by atoms with Crippen molar-refractivity contribution in [2.75, 3.05) is 0 Å². The average Bonchev–Trinajstić information content (AvgIpc) is 2.87. The minimum atomic E-state index is -1.27. The normalized spacial score (nSPS) is 12.0. The fraction of sp³-hybridized carbons (Fsp3) is 0.0556. The Hall–Kier alpha value is -2.81. The maximum absolute atomic E-state index is 11.0. The molecule has 0 radical (unpaired) electrons. The molecule has 1 N–H and O–H groups in total. The number of ether oxygens (including phenoxy) is 1. The number of hydrogen-bond acceptors (Lipinski definition) is 2. The van der Waals surface area contributed by atoms with Gasteiger partial charge in [0, 0.05) is 12.0 Å². The van der Waals surface area contributed by atoms with Crippen LogP contribution in [0, 0.1) is 0 Å². The Balaban J connectivity index is 2.08. The molecule has 21 heavy (non-hydrogen) atoms. The van der Waals surface area contributed by atoms with Gasteiger partial charge in [-0.05, 0) is 33.5 Å². The van der Waals surface area contributed by atoms with E-state index >= 15 is 0 Å². The molecule has 0 bridgehead atoms. The highest BCUT2D eigenvalue weighted by atomic mass is 16.7. The van der Waals surface area contributed by atoms with Gasteiger partial charge in [-0.1, -0.05) is 48.5 Å². The van der Waals surface area contributed by atoms with Crippen LogP contribution in [0.3, 0.4) is 0 Å². The molecule has 1 aliphatic rings. The summed E-state index contributed by atoms with van der Waals surface area (Å²) in [5.74, 6) is 0.437. The average molecular weight is 276 g/mol. The molecule has 0 fully saturated rings. The van der Waals surface area contributed by atoms with Crippen LogP contribution in [0.5, 0.6) is 5.75 Å². The Morgan fingerprint density at radius 2 is 1.81 bits per heavy atom. The van der Waals surface area contributed by atoms with E-state index in [0.717, 1.165) is 21.9 Å². The number of carboxylic acid groups (broad SMARTS) is 1. The third-order valence-corrected chi connectivity index (χ3v) is 3.97. The highest BCUT2D eigenvalue weighted by molar-refractivity contribution is 6.03. The largest absolute Gasteiger partial charge is 0.511 e. The van der Waals surface area contributed by atoms with Gasteiger partial charge >= 0.3 is 6.16 Å². The monoisotopic (exact) mass is 276 g/mol. The van der Waals surface area contributed by atoms with E-state index in [2.05, 4.69) is 18.2 Å². The van der Waals surface area contributed by atoms with E-state index in [1.54, 1.807) is 0 Å². The van der Waals surface area contributed by atoms with Gasteiger partial charge in [-0.15, -0.1) is 0 Å². The molecule has 0 saturated heterocycles. The van der Waals surface area contributed by atoms with Gasteiger partial charge in [0.05, 0.1) is 0 Å². The first-order valence-corrected chi connectivity index (χ1v) is 6.78. The van der Waals surface area contributed by atoms with Crippen molar-refractivity contribution in [2.45, 2.75) is 6.42 Å². The molecule has 0 unspecified atom stereocenters. The van der Waals surface area contributed by atoms with Gasteiger partial charge in [0.25, 0.3) is 0 Å². The van der Waals surface area contributed by atoms with Crippen molar-refractivity contribution in [3.63, 3.8) is 0 Å². The first kappa shape index (κ1) is 12.0. The van der Waals surface area contributed by atoms with E-state index in [-0.39, 0.29) is 0 Å². The van der Waals surface area contributed by atoms with Crippen molar-refractivity contribution in [1.29, 1.82) is 0 Å². The van der Waals surface area contributed by atoms with Crippen LogP contribution >= 0.6 is 0 Å².